The maximum absolute atomic E-state index is 10.9. The first-order chi connectivity index (χ1) is 5.27. The van der Waals surface area contributed by atoms with Gasteiger partial charge in [0.1, 0.15) is 0 Å². The Morgan fingerprint density at radius 1 is 1.27 bits per heavy atom. The van der Waals surface area contributed by atoms with Gasteiger partial charge in [-0.3, -0.25) is 4.79 Å². The molecule has 3 nitrogen and oxygen atoms in total. The predicted molar refractivity (Wildman–Crippen MR) is 40.0 cm³/mol. The summed E-state index contributed by atoms with van der Waals surface area (Å²) < 4.78 is 0. The number of carbonyl (C=O) groups excluding carboxylic acids is 1. The van der Waals surface area contributed by atoms with E-state index >= 15 is 0 Å². The molecule has 1 aliphatic heterocycles. The van der Waals surface area contributed by atoms with Crippen LogP contribution in [0.5, 0.6) is 0 Å². The van der Waals surface area contributed by atoms with Crippen LogP contribution < -0.4 is 0 Å². The van der Waals surface area contributed by atoms with E-state index < -0.39 is 0 Å². The van der Waals surface area contributed by atoms with E-state index in [1.165, 1.54) is 0 Å². The molecular weight excluding hydrogens is 140 g/mol. The topological polar surface area (TPSA) is 41.8 Å². The van der Waals surface area contributed by atoms with E-state index in [9.17, 15) is 4.79 Å². The van der Waals surface area contributed by atoms with Gasteiger partial charge in [0.2, 0.25) is 0 Å². The lowest BCUT2D eigenvalue weighted by molar-refractivity contribution is 0.100. The lowest BCUT2D eigenvalue weighted by atomic mass is 10.1. The minimum atomic E-state index is -0.236. The number of azo groups is 1. The number of benzene rings is 1. The smallest absolute Gasteiger partial charge is 0.265 e. The van der Waals surface area contributed by atoms with Gasteiger partial charge in [-0.25, -0.2) is 0 Å². The second-order valence-electron chi connectivity index (χ2n) is 2.53. The summed E-state index contributed by atoms with van der Waals surface area (Å²) in [6.07, 6.45) is 0. The normalized spacial score (nSPS) is 13.7. The standard InChI is InChI=1S/C8H6N2O/c1-5-2-3-6-7(4-5)9-10-8(6)11/h2-4H,1H3. The summed E-state index contributed by atoms with van der Waals surface area (Å²) in [5.41, 5.74) is 2.39. The minimum absolute atomic E-state index is 0.236. The summed E-state index contributed by atoms with van der Waals surface area (Å²) in [5.74, 6) is -0.236. The summed E-state index contributed by atoms with van der Waals surface area (Å²) in [4.78, 5) is 10.9. The van der Waals surface area contributed by atoms with Crippen molar-refractivity contribution in [2.75, 3.05) is 0 Å². The molecule has 3 heteroatoms. The Kier molecular flexibility index (Phi) is 1.12. The van der Waals surface area contributed by atoms with Crippen molar-refractivity contribution in [3.8, 4) is 0 Å². The molecule has 0 spiro atoms. The molecule has 0 aliphatic carbocycles. The molecule has 11 heavy (non-hydrogen) atoms. The molecule has 0 fully saturated rings. The molecule has 0 unspecified atom stereocenters. The summed E-state index contributed by atoms with van der Waals surface area (Å²) in [6.45, 7) is 1.96. The monoisotopic (exact) mass is 146 g/mol. The van der Waals surface area contributed by atoms with E-state index in [0.717, 1.165) is 5.56 Å². The summed E-state index contributed by atoms with van der Waals surface area (Å²) in [6, 6.07) is 5.49. The molecule has 0 N–H and O–H groups in total. The Labute approximate surface area is 63.8 Å². The van der Waals surface area contributed by atoms with E-state index in [2.05, 4.69) is 10.2 Å². The zero-order valence-electron chi connectivity index (χ0n) is 6.03. The van der Waals surface area contributed by atoms with Gasteiger partial charge in [0.15, 0.2) is 0 Å². The zero-order valence-corrected chi connectivity index (χ0v) is 6.03. The molecule has 1 aromatic carbocycles. The van der Waals surface area contributed by atoms with Gasteiger partial charge in [-0.1, -0.05) is 6.07 Å². The fourth-order valence-electron chi connectivity index (χ4n) is 1.06. The van der Waals surface area contributed by atoms with Crippen molar-refractivity contribution in [2.45, 2.75) is 6.92 Å². The highest BCUT2D eigenvalue weighted by molar-refractivity contribution is 6.01. The van der Waals surface area contributed by atoms with Crippen LogP contribution >= 0.6 is 0 Å². The van der Waals surface area contributed by atoms with E-state index in [1.807, 2.05) is 19.1 Å². The summed E-state index contributed by atoms with van der Waals surface area (Å²) in [7, 11) is 0. The number of hydrogen-bond donors (Lipinski definition) is 0. The number of fused-ring (bicyclic) bond motifs is 1. The van der Waals surface area contributed by atoms with Gasteiger partial charge in [0.25, 0.3) is 5.91 Å². The Balaban J connectivity index is 2.66. The SMILES string of the molecule is Cc1ccc2c(c1)N=NC2=O. The summed E-state index contributed by atoms with van der Waals surface area (Å²) in [5, 5.41) is 7.15. The zero-order chi connectivity index (χ0) is 7.84. The van der Waals surface area contributed by atoms with Gasteiger partial charge in [0, 0.05) is 0 Å². The highest BCUT2D eigenvalue weighted by Crippen LogP contribution is 2.26. The fourth-order valence-corrected chi connectivity index (χ4v) is 1.06. The lowest BCUT2D eigenvalue weighted by Gasteiger charge is -1.93. The first kappa shape index (κ1) is 6.22. The molecule has 0 radical (unpaired) electrons. The molecule has 1 amide bonds. The Morgan fingerprint density at radius 3 is 2.91 bits per heavy atom. The number of carbonyl (C=O) groups is 1. The van der Waals surface area contributed by atoms with Crippen molar-refractivity contribution >= 4 is 11.6 Å². The average molecular weight is 146 g/mol. The number of nitrogens with zero attached hydrogens (tertiary/aromatic N) is 2. The third-order valence-corrected chi connectivity index (χ3v) is 1.63. The van der Waals surface area contributed by atoms with Crippen LogP contribution in [-0.2, 0) is 0 Å². The van der Waals surface area contributed by atoms with Crippen LogP contribution in [0.3, 0.4) is 0 Å². The van der Waals surface area contributed by atoms with Gasteiger partial charge >= 0.3 is 0 Å². The number of amides is 1. The third kappa shape index (κ3) is 0.852. The third-order valence-electron chi connectivity index (χ3n) is 1.63. The van der Waals surface area contributed by atoms with Crippen molar-refractivity contribution in [2.24, 2.45) is 10.2 Å². The molecule has 0 saturated carbocycles. The molecule has 1 aromatic rings. The largest absolute Gasteiger partial charge is 0.297 e. The molecule has 0 saturated heterocycles. The van der Waals surface area contributed by atoms with E-state index in [1.54, 1.807) is 6.07 Å². The second-order valence-corrected chi connectivity index (χ2v) is 2.53. The minimum Gasteiger partial charge on any atom is -0.265 e. The van der Waals surface area contributed by atoms with Crippen LogP contribution in [0.15, 0.2) is 28.4 Å². The highest BCUT2D eigenvalue weighted by atomic mass is 16.2. The maximum Gasteiger partial charge on any atom is 0.297 e. The second kappa shape index (κ2) is 1.99. The molecule has 54 valence electrons. The van der Waals surface area contributed by atoms with Crippen molar-refractivity contribution < 1.29 is 4.79 Å². The van der Waals surface area contributed by atoms with Gasteiger partial charge in [-0.15, -0.1) is 10.2 Å². The van der Waals surface area contributed by atoms with Gasteiger partial charge in [-0.2, -0.15) is 0 Å². The number of rotatable bonds is 0. The molecule has 0 bridgehead atoms. The first-order valence-electron chi connectivity index (χ1n) is 3.34. The highest BCUT2D eigenvalue weighted by Gasteiger charge is 2.15. The lowest BCUT2D eigenvalue weighted by Crippen LogP contribution is -1.87. The van der Waals surface area contributed by atoms with Crippen molar-refractivity contribution in [1.29, 1.82) is 0 Å². The molecule has 1 heterocycles. The number of hydrogen-bond acceptors (Lipinski definition) is 2. The van der Waals surface area contributed by atoms with Crippen LogP contribution in [0, 0.1) is 6.92 Å². The van der Waals surface area contributed by atoms with Crippen LogP contribution in [0.1, 0.15) is 15.9 Å². The fraction of sp³-hybridized carbons (Fsp3) is 0.125. The predicted octanol–water partition coefficient (Wildman–Crippen LogP) is 2.23. The maximum atomic E-state index is 10.9. The quantitative estimate of drug-likeness (QED) is 0.553. The Bertz CT molecular complexity index is 355. The molecule has 1 aliphatic rings. The van der Waals surface area contributed by atoms with Crippen molar-refractivity contribution in [3.63, 3.8) is 0 Å². The van der Waals surface area contributed by atoms with Crippen LogP contribution in [0.2, 0.25) is 0 Å². The van der Waals surface area contributed by atoms with Crippen LogP contribution in [0.25, 0.3) is 0 Å². The van der Waals surface area contributed by atoms with E-state index in [-0.39, 0.29) is 5.91 Å². The Morgan fingerprint density at radius 2 is 2.09 bits per heavy atom. The van der Waals surface area contributed by atoms with E-state index in [4.69, 9.17) is 0 Å². The first-order valence-corrected chi connectivity index (χ1v) is 3.34. The molecule has 0 atom stereocenters. The summed E-state index contributed by atoms with van der Waals surface area (Å²) >= 11 is 0. The number of aryl methyl sites for hydroxylation is 1. The van der Waals surface area contributed by atoms with E-state index in [0.29, 0.717) is 11.3 Å². The van der Waals surface area contributed by atoms with Crippen LogP contribution in [-0.4, -0.2) is 5.91 Å². The van der Waals surface area contributed by atoms with Gasteiger partial charge in [-0.05, 0) is 24.6 Å². The Hall–Kier alpha value is -1.51. The molecule has 2 rings (SSSR count). The molecular formula is C8H6N2O. The van der Waals surface area contributed by atoms with Gasteiger partial charge in [0.05, 0.1) is 11.3 Å². The van der Waals surface area contributed by atoms with Gasteiger partial charge < -0.3 is 0 Å². The average Bonchev–Trinajstić information content (AvgIpc) is 2.32. The van der Waals surface area contributed by atoms with Crippen molar-refractivity contribution in [1.82, 2.24) is 0 Å². The van der Waals surface area contributed by atoms with Crippen LogP contribution in [0.4, 0.5) is 5.69 Å². The molecule has 0 aromatic heterocycles. The van der Waals surface area contributed by atoms with Crippen molar-refractivity contribution in [3.05, 3.63) is 29.3 Å².